The predicted octanol–water partition coefficient (Wildman–Crippen LogP) is 5.31. The molecule has 274 valence electrons. The standard InChI is InChI=1S/C39H40N6O7S/c1-43-32-20-40-37-35(31(32)23-45(39(43)49)28-12-8-27(9-13-28)38(48)41-21-33(46)47)34(25-10-14-29(52-2)15-11-25)36(42-37)26-6-4-24(5-7-26)22-44-18-16-30(17-19-44)53(3,50)51/h4-15,20,30H,16-19,21-23H2,1-3H3,(H,40,42)(H,41,48)(H,46,47). The Labute approximate surface area is 307 Å². The second-order valence-electron chi connectivity index (χ2n) is 13.5. The fourth-order valence-corrected chi connectivity index (χ4v) is 8.28. The van der Waals surface area contributed by atoms with Crippen molar-refractivity contribution < 1.29 is 32.6 Å². The maximum atomic E-state index is 13.7. The molecule has 0 unspecified atom stereocenters. The molecule has 3 N–H and O–H groups in total. The molecule has 3 aromatic carbocycles. The average Bonchev–Trinajstić information content (AvgIpc) is 3.55. The number of likely N-dealkylation sites (tertiary alicyclic amines) is 1. The molecule has 1 fully saturated rings. The molecule has 2 aliphatic rings. The van der Waals surface area contributed by atoms with Crippen molar-refractivity contribution >= 4 is 50.2 Å². The number of methoxy groups -OCH3 is 1. The molecule has 4 heterocycles. The third-order valence-electron chi connectivity index (χ3n) is 10.1. The van der Waals surface area contributed by atoms with Crippen molar-refractivity contribution in [1.82, 2.24) is 20.2 Å². The Morgan fingerprint density at radius 1 is 0.981 bits per heavy atom. The first-order chi connectivity index (χ1) is 25.4. The molecule has 2 aliphatic heterocycles. The lowest BCUT2D eigenvalue weighted by Crippen LogP contribution is -2.45. The molecule has 0 spiro atoms. The number of aromatic nitrogens is 2. The van der Waals surface area contributed by atoms with E-state index in [9.17, 15) is 22.8 Å². The number of piperidine rings is 1. The van der Waals surface area contributed by atoms with Crippen molar-refractivity contribution in [3.63, 3.8) is 0 Å². The minimum Gasteiger partial charge on any atom is -0.497 e. The van der Waals surface area contributed by atoms with E-state index in [1.807, 2.05) is 24.3 Å². The monoisotopic (exact) mass is 736 g/mol. The zero-order valence-electron chi connectivity index (χ0n) is 29.6. The van der Waals surface area contributed by atoms with Crippen molar-refractivity contribution in [3.05, 3.63) is 95.7 Å². The highest BCUT2D eigenvalue weighted by atomic mass is 32.2. The molecule has 0 bridgehead atoms. The number of ether oxygens (including phenoxy) is 1. The number of nitrogens with zero attached hydrogens (tertiary/aromatic N) is 4. The molecule has 13 nitrogen and oxygen atoms in total. The van der Waals surface area contributed by atoms with Gasteiger partial charge in [-0.25, -0.2) is 18.2 Å². The molecule has 0 aliphatic carbocycles. The molecule has 0 saturated carbocycles. The van der Waals surface area contributed by atoms with Crippen LogP contribution in [0, 0.1) is 0 Å². The number of carboxylic acids is 1. The number of carbonyl (C=O) groups is 3. The number of sulfone groups is 1. The van der Waals surface area contributed by atoms with Crippen LogP contribution in [0.5, 0.6) is 5.75 Å². The topological polar surface area (TPSA) is 165 Å². The second-order valence-corrected chi connectivity index (χ2v) is 15.8. The quantitative estimate of drug-likeness (QED) is 0.172. The van der Waals surface area contributed by atoms with Crippen LogP contribution in [0.1, 0.15) is 34.3 Å². The van der Waals surface area contributed by atoms with Gasteiger partial charge in [-0.3, -0.25) is 24.3 Å². The summed E-state index contributed by atoms with van der Waals surface area (Å²) in [7, 11) is 0.298. The van der Waals surface area contributed by atoms with Gasteiger partial charge in [0.05, 0.1) is 36.5 Å². The van der Waals surface area contributed by atoms with Gasteiger partial charge in [-0.1, -0.05) is 36.4 Å². The summed E-state index contributed by atoms with van der Waals surface area (Å²) in [5.74, 6) is -0.946. The molecule has 0 atom stereocenters. The third kappa shape index (κ3) is 7.19. The van der Waals surface area contributed by atoms with Gasteiger partial charge < -0.3 is 20.1 Å². The van der Waals surface area contributed by atoms with Gasteiger partial charge in [-0.15, -0.1) is 0 Å². The number of amides is 3. The number of hydrogen-bond acceptors (Lipinski definition) is 8. The highest BCUT2D eigenvalue weighted by Crippen LogP contribution is 2.44. The van der Waals surface area contributed by atoms with E-state index in [-0.39, 0.29) is 23.4 Å². The Balaban J connectivity index is 1.24. The lowest BCUT2D eigenvalue weighted by atomic mass is 9.94. The number of benzene rings is 3. The molecule has 14 heteroatoms. The second kappa shape index (κ2) is 14.4. The van der Waals surface area contributed by atoms with Gasteiger partial charge in [0.25, 0.3) is 5.91 Å². The summed E-state index contributed by atoms with van der Waals surface area (Å²) in [4.78, 5) is 51.0. The van der Waals surface area contributed by atoms with Gasteiger partial charge in [0.2, 0.25) is 0 Å². The Kier molecular flexibility index (Phi) is 9.66. The van der Waals surface area contributed by atoms with E-state index in [1.165, 1.54) is 6.26 Å². The van der Waals surface area contributed by atoms with Gasteiger partial charge in [0.1, 0.15) is 27.8 Å². The van der Waals surface area contributed by atoms with Crippen molar-refractivity contribution in [2.24, 2.45) is 0 Å². The van der Waals surface area contributed by atoms with Gasteiger partial charge in [-0.2, -0.15) is 0 Å². The van der Waals surface area contributed by atoms with E-state index >= 15 is 0 Å². The van der Waals surface area contributed by atoms with Crippen LogP contribution in [0.4, 0.5) is 16.2 Å². The summed E-state index contributed by atoms with van der Waals surface area (Å²) in [6.45, 7) is 1.94. The highest BCUT2D eigenvalue weighted by Gasteiger charge is 2.33. The number of carbonyl (C=O) groups excluding carboxylic acids is 2. The van der Waals surface area contributed by atoms with E-state index in [0.717, 1.165) is 64.3 Å². The lowest BCUT2D eigenvalue weighted by molar-refractivity contribution is -0.135. The first-order valence-electron chi connectivity index (χ1n) is 17.2. The number of pyridine rings is 1. The molecular weight excluding hydrogens is 697 g/mol. The van der Waals surface area contributed by atoms with Crippen LogP contribution in [0.2, 0.25) is 0 Å². The fourth-order valence-electron chi connectivity index (χ4n) is 7.21. The van der Waals surface area contributed by atoms with E-state index in [2.05, 4.69) is 39.5 Å². The maximum absolute atomic E-state index is 13.7. The predicted molar refractivity (Wildman–Crippen MR) is 203 cm³/mol. The summed E-state index contributed by atoms with van der Waals surface area (Å²) in [6.07, 6.45) is 4.32. The van der Waals surface area contributed by atoms with Crippen LogP contribution in [0.3, 0.4) is 0 Å². The van der Waals surface area contributed by atoms with Gasteiger partial charge in [0, 0.05) is 47.6 Å². The van der Waals surface area contributed by atoms with Crippen LogP contribution < -0.4 is 19.9 Å². The number of rotatable bonds is 10. The van der Waals surface area contributed by atoms with Crippen molar-refractivity contribution in [1.29, 1.82) is 0 Å². The fraction of sp³-hybridized carbons (Fsp3) is 0.282. The van der Waals surface area contributed by atoms with Gasteiger partial charge in [-0.05, 0) is 79.0 Å². The summed E-state index contributed by atoms with van der Waals surface area (Å²) >= 11 is 0. The molecule has 3 amide bonds. The minimum atomic E-state index is -3.03. The number of fused-ring (bicyclic) bond motifs is 3. The maximum Gasteiger partial charge on any atom is 0.329 e. The van der Waals surface area contributed by atoms with Gasteiger partial charge >= 0.3 is 12.0 Å². The van der Waals surface area contributed by atoms with Crippen LogP contribution in [-0.2, 0) is 27.7 Å². The summed E-state index contributed by atoms with van der Waals surface area (Å²) < 4.78 is 29.5. The third-order valence-corrected chi connectivity index (χ3v) is 11.8. The van der Waals surface area contributed by atoms with Crippen LogP contribution in [0.25, 0.3) is 33.4 Å². The number of hydrogen-bond donors (Lipinski definition) is 3. The number of H-pyrrole nitrogens is 1. The van der Waals surface area contributed by atoms with Crippen molar-refractivity contribution in [3.8, 4) is 28.1 Å². The Bertz CT molecular complexity index is 2300. The van der Waals surface area contributed by atoms with Crippen LogP contribution >= 0.6 is 0 Å². The first kappa shape index (κ1) is 35.7. The van der Waals surface area contributed by atoms with Crippen LogP contribution in [-0.4, -0.2) is 91.6 Å². The van der Waals surface area contributed by atoms with E-state index < -0.39 is 28.3 Å². The lowest BCUT2D eigenvalue weighted by Gasteiger charge is -2.35. The number of urea groups is 1. The van der Waals surface area contributed by atoms with Crippen molar-refractivity contribution in [2.75, 3.05) is 49.8 Å². The number of aliphatic carboxylic acids is 1. The minimum absolute atomic E-state index is 0.234. The number of anilines is 2. The molecule has 1 saturated heterocycles. The molecule has 2 aromatic heterocycles. The molecular formula is C39H40N6O7S. The number of nitrogens with one attached hydrogen (secondary N) is 2. The van der Waals surface area contributed by atoms with Crippen LogP contribution in [0.15, 0.2) is 79.0 Å². The smallest absolute Gasteiger partial charge is 0.329 e. The highest BCUT2D eigenvalue weighted by molar-refractivity contribution is 7.91. The number of aromatic amines is 1. The van der Waals surface area contributed by atoms with E-state index in [0.29, 0.717) is 29.9 Å². The zero-order valence-corrected chi connectivity index (χ0v) is 30.4. The zero-order chi connectivity index (χ0) is 37.4. The number of carboxylic acid groups (broad SMARTS) is 1. The SMILES string of the molecule is COc1ccc(-c2c(-c3ccc(CN4CCC(S(C)(=O)=O)CC4)cc3)[nH]c3ncc4c(c23)CN(c2ccc(C(=O)NCC(=O)O)cc2)C(=O)N4C)cc1. The summed E-state index contributed by atoms with van der Waals surface area (Å²) in [5.41, 5.74) is 7.90. The summed E-state index contributed by atoms with van der Waals surface area (Å²) in [6, 6.07) is 22.4. The molecule has 7 rings (SSSR count). The van der Waals surface area contributed by atoms with Gasteiger partial charge in [0.15, 0.2) is 0 Å². The van der Waals surface area contributed by atoms with E-state index in [1.54, 1.807) is 54.4 Å². The Hall–Kier alpha value is -5.73. The summed E-state index contributed by atoms with van der Waals surface area (Å²) in [5, 5.41) is 11.9. The van der Waals surface area contributed by atoms with E-state index in [4.69, 9.17) is 14.8 Å². The molecule has 5 aromatic rings. The Morgan fingerprint density at radius 2 is 1.64 bits per heavy atom. The largest absolute Gasteiger partial charge is 0.497 e. The normalized spacial score (nSPS) is 15.4. The molecule has 53 heavy (non-hydrogen) atoms. The average molecular weight is 737 g/mol. The molecule has 0 radical (unpaired) electrons. The Morgan fingerprint density at radius 3 is 2.26 bits per heavy atom. The first-order valence-corrected chi connectivity index (χ1v) is 19.2. The van der Waals surface area contributed by atoms with Crippen molar-refractivity contribution in [2.45, 2.75) is 31.2 Å².